The molecule has 0 aliphatic heterocycles. The summed E-state index contributed by atoms with van der Waals surface area (Å²) >= 11 is 0. The van der Waals surface area contributed by atoms with E-state index in [1.807, 2.05) is 0 Å². The van der Waals surface area contributed by atoms with Crippen LogP contribution < -0.4 is 10.3 Å². The van der Waals surface area contributed by atoms with Gasteiger partial charge in [-0.15, -0.1) is 0 Å². The maximum absolute atomic E-state index is 11.9. The van der Waals surface area contributed by atoms with Gasteiger partial charge in [0.15, 0.2) is 0 Å². The molecule has 0 aliphatic carbocycles. The number of aromatic nitrogens is 2. The quantitative estimate of drug-likeness (QED) is 0.828. The third kappa shape index (κ3) is 2.82. The lowest BCUT2D eigenvalue weighted by Crippen LogP contribution is -2.29. The van der Waals surface area contributed by atoms with E-state index in [0.29, 0.717) is 5.69 Å². The average molecular weight is 265 g/mol. The van der Waals surface area contributed by atoms with Gasteiger partial charge in [-0.05, 0) is 24.3 Å². The lowest BCUT2D eigenvalue weighted by Gasteiger charge is -2.05. The molecule has 0 saturated carbocycles. The number of pyridine rings is 2. The molecule has 0 unspecified atom stereocenters. The zero-order chi connectivity index (χ0) is 13.0. The third-order valence-corrected chi connectivity index (χ3v) is 3.67. The maximum Gasteiger partial charge on any atom is 0.268 e. The summed E-state index contributed by atoms with van der Waals surface area (Å²) in [6, 6.07) is 7.89. The Hall–Kier alpha value is -1.99. The van der Waals surface area contributed by atoms with Crippen molar-refractivity contribution in [2.75, 3.05) is 0 Å². The van der Waals surface area contributed by atoms with E-state index in [2.05, 4.69) is 14.7 Å². The minimum atomic E-state index is -3.82. The maximum atomic E-state index is 11.9. The second-order valence-electron chi connectivity index (χ2n) is 3.51. The molecule has 0 saturated heterocycles. The number of rotatable bonds is 4. The van der Waals surface area contributed by atoms with Crippen LogP contribution in [0.4, 0.5) is 0 Å². The predicted octanol–water partition coefficient (Wildman–Crippen LogP) is 0.248. The first-order chi connectivity index (χ1) is 8.59. The largest absolute Gasteiger partial charge is 0.328 e. The molecule has 94 valence electrons. The number of H-pyrrole nitrogens is 1. The first kappa shape index (κ1) is 12.5. The highest BCUT2D eigenvalue weighted by atomic mass is 32.2. The normalized spacial score (nSPS) is 11.3. The number of hydrogen-bond donors (Lipinski definition) is 2. The van der Waals surface area contributed by atoms with Crippen molar-refractivity contribution in [2.24, 2.45) is 0 Å². The Morgan fingerprint density at radius 2 is 2.06 bits per heavy atom. The summed E-state index contributed by atoms with van der Waals surface area (Å²) in [6.45, 7) is 0.0392. The summed E-state index contributed by atoms with van der Waals surface area (Å²) in [5.41, 5.74) is -0.0699. The molecular weight excluding hydrogens is 254 g/mol. The Kier molecular flexibility index (Phi) is 3.54. The SMILES string of the molecule is O=c1[nH]cccc1S(=O)(=O)NCc1ccccn1. The van der Waals surface area contributed by atoms with Gasteiger partial charge in [-0.3, -0.25) is 9.78 Å². The molecule has 0 aliphatic rings. The molecule has 7 heteroatoms. The van der Waals surface area contributed by atoms with Gasteiger partial charge < -0.3 is 4.98 Å². The van der Waals surface area contributed by atoms with E-state index in [9.17, 15) is 13.2 Å². The van der Waals surface area contributed by atoms with Gasteiger partial charge in [0.25, 0.3) is 5.56 Å². The Labute approximate surface area is 104 Å². The second-order valence-corrected chi connectivity index (χ2v) is 5.24. The van der Waals surface area contributed by atoms with Crippen LogP contribution in [0.15, 0.2) is 52.4 Å². The van der Waals surface area contributed by atoms with Crippen molar-refractivity contribution < 1.29 is 8.42 Å². The first-order valence-electron chi connectivity index (χ1n) is 5.17. The fourth-order valence-electron chi connectivity index (χ4n) is 1.37. The monoisotopic (exact) mass is 265 g/mol. The number of hydrogen-bond acceptors (Lipinski definition) is 4. The average Bonchev–Trinajstić information content (AvgIpc) is 2.38. The fraction of sp³-hybridized carbons (Fsp3) is 0.0909. The van der Waals surface area contributed by atoms with Crippen LogP contribution in [-0.4, -0.2) is 18.4 Å². The van der Waals surface area contributed by atoms with E-state index in [4.69, 9.17) is 0 Å². The van der Waals surface area contributed by atoms with Crippen molar-refractivity contribution in [3.05, 3.63) is 58.8 Å². The van der Waals surface area contributed by atoms with E-state index < -0.39 is 15.6 Å². The van der Waals surface area contributed by atoms with Crippen LogP contribution in [0.1, 0.15) is 5.69 Å². The van der Waals surface area contributed by atoms with Crippen molar-refractivity contribution in [2.45, 2.75) is 11.4 Å². The second kappa shape index (κ2) is 5.11. The summed E-state index contributed by atoms with van der Waals surface area (Å²) in [5, 5.41) is 0. The van der Waals surface area contributed by atoms with Crippen LogP contribution in [-0.2, 0) is 16.6 Å². The molecule has 0 aromatic carbocycles. The van der Waals surface area contributed by atoms with Crippen LogP contribution in [0, 0.1) is 0 Å². The summed E-state index contributed by atoms with van der Waals surface area (Å²) in [4.78, 5) is 17.4. The van der Waals surface area contributed by atoms with E-state index in [1.54, 1.807) is 24.4 Å². The standard InChI is InChI=1S/C11H11N3O3S/c15-11-10(5-3-7-13-11)18(16,17)14-8-9-4-1-2-6-12-9/h1-7,14H,8H2,(H,13,15). The van der Waals surface area contributed by atoms with Crippen LogP contribution >= 0.6 is 0 Å². The molecule has 2 rings (SSSR count). The van der Waals surface area contributed by atoms with E-state index in [-0.39, 0.29) is 11.4 Å². The Morgan fingerprint density at radius 1 is 1.22 bits per heavy atom. The van der Waals surface area contributed by atoms with Gasteiger partial charge in [-0.2, -0.15) is 0 Å². The molecule has 18 heavy (non-hydrogen) atoms. The van der Waals surface area contributed by atoms with E-state index >= 15 is 0 Å². The number of aromatic amines is 1. The van der Waals surface area contributed by atoms with Crippen molar-refractivity contribution in [1.82, 2.24) is 14.7 Å². The molecule has 0 bridgehead atoms. The third-order valence-electron chi connectivity index (χ3n) is 2.24. The zero-order valence-corrected chi connectivity index (χ0v) is 10.1. The smallest absolute Gasteiger partial charge is 0.268 e. The molecule has 2 aromatic heterocycles. The number of nitrogens with one attached hydrogen (secondary N) is 2. The van der Waals surface area contributed by atoms with Gasteiger partial charge in [0.2, 0.25) is 10.0 Å². The van der Waals surface area contributed by atoms with Crippen molar-refractivity contribution in [3.63, 3.8) is 0 Å². The van der Waals surface area contributed by atoms with Crippen LogP contribution in [0.3, 0.4) is 0 Å². The number of sulfonamides is 1. The molecule has 0 amide bonds. The fourth-order valence-corrected chi connectivity index (χ4v) is 2.42. The molecule has 0 atom stereocenters. The minimum absolute atomic E-state index is 0.0392. The van der Waals surface area contributed by atoms with Gasteiger partial charge in [0.05, 0.1) is 12.2 Å². The summed E-state index contributed by atoms with van der Waals surface area (Å²) < 4.78 is 26.1. The van der Waals surface area contributed by atoms with Crippen LogP contribution in [0.2, 0.25) is 0 Å². The minimum Gasteiger partial charge on any atom is -0.328 e. The molecule has 0 radical (unpaired) electrons. The lowest BCUT2D eigenvalue weighted by molar-refractivity contribution is 0.579. The molecule has 0 fully saturated rings. The number of nitrogens with zero attached hydrogens (tertiary/aromatic N) is 1. The molecule has 2 heterocycles. The molecule has 2 aromatic rings. The first-order valence-corrected chi connectivity index (χ1v) is 6.65. The van der Waals surface area contributed by atoms with Crippen molar-refractivity contribution >= 4 is 10.0 Å². The molecule has 2 N–H and O–H groups in total. The highest BCUT2D eigenvalue weighted by Crippen LogP contribution is 2.02. The van der Waals surface area contributed by atoms with Gasteiger partial charge in [0.1, 0.15) is 4.90 Å². The predicted molar refractivity (Wildman–Crippen MR) is 65.3 cm³/mol. The Bertz CT molecular complexity index is 680. The van der Waals surface area contributed by atoms with E-state index in [0.717, 1.165) is 0 Å². The van der Waals surface area contributed by atoms with Gasteiger partial charge in [-0.25, -0.2) is 13.1 Å². The molecular formula is C11H11N3O3S. The molecule has 0 spiro atoms. The van der Waals surface area contributed by atoms with Gasteiger partial charge in [0, 0.05) is 12.4 Å². The zero-order valence-electron chi connectivity index (χ0n) is 9.33. The highest BCUT2D eigenvalue weighted by Gasteiger charge is 2.17. The van der Waals surface area contributed by atoms with Gasteiger partial charge in [-0.1, -0.05) is 6.07 Å². The van der Waals surface area contributed by atoms with E-state index in [1.165, 1.54) is 18.3 Å². The summed E-state index contributed by atoms with van der Waals surface area (Å²) in [7, 11) is -3.82. The van der Waals surface area contributed by atoms with Crippen molar-refractivity contribution in [3.8, 4) is 0 Å². The van der Waals surface area contributed by atoms with Crippen molar-refractivity contribution in [1.29, 1.82) is 0 Å². The Balaban J connectivity index is 2.19. The lowest BCUT2D eigenvalue weighted by atomic mass is 10.4. The summed E-state index contributed by atoms with van der Waals surface area (Å²) in [5.74, 6) is 0. The van der Waals surface area contributed by atoms with Crippen LogP contribution in [0.5, 0.6) is 0 Å². The molecule has 6 nitrogen and oxygen atoms in total. The highest BCUT2D eigenvalue weighted by molar-refractivity contribution is 7.89. The topological polar surface area (TPSA) is 91.9 Å². The summed E-state index contributed by atoms with van der Waals surface area (Å²) in [6.07, 6.45) is 2.94. The van der Waals surface area contributed by atoms with Gasteiger partial charge >= 0.3 is 0 Å². The Morgan fingerprint density at radius 3 is 2.72 bits per heavy atom. The van der Waals surface area contributed by atoms with Crippen LogP contribution in [0.25, 0.3) is 0 Å².